The third kappa shape index (κ3) is 10.6. The minimum atomic E-state index is 0. The highest BCUT2D eigenvalue weighted by molar-refractivity contribution is 8.93. The fourth-order valence-corrected chi connectivity index (χ4v) is 5.36. The van der Waals surface area contributed by atoms with Crippen LogP contribution in [0.25, 0.3) is 0 Å². The van der Waals surface area contributed by atoms with E-state index in [0.29, 0.717) is 0 Å². The molecule has 0 radical (unpaired) electrons. The summed E-state index contributed by atoms with van der Waals surface area (Å²) in [6, 6.07) is 33.5. The van der Waals surface area contributed by atoms with Gasteiger partial charge in [0.05, 0.1) is 0 Å². The van der Waals surface area contributed by atoms with E-state index in [9.17, 15) is 0 Å². The summed E-state index contributed by atoms with van der Waals surface area (Å²) in [5.74, 6) is 0. The molecule has 0 aromatic heterocycles. The monoisotopic (exact) mass is 524 g/mol. The number of benzene rings is 3. The fourth-order valence-electron chi connectivity index (χ4n) is 5.07. The molecule has 33 heavy (non-hydrogen) atoms. The largest absolute Gasteiger partial charge is 0.138 e. The van der Waals surface area contributed by atoms with Crippen molar-refractivity contribution in [3.05, 3.63) is 108 Å². The van der Waals surface area contributed by atoms with E-state index in [1.165, 1.54) is 74.2 Å². The molecule has 0 saturated carbocycles. The highest BCUT2D eigenvalue weighted by Crippen LogP contribution is 2.37. The maximum absolute atomic E-state index is 2.85. The topological polar surface area (TPSA) is 0 Å². The van der Waals surface area contributed by atoms with Crippen LogP contribution >= 0.6 is 26.2 Å². The Kier molecular flexibility index (Phi) is 13.7. The summed E-state index contributed by atoms with van der Waals surface area (Å²) in [5, 5.41) is 0. The molecule has 1 unspecified atom stereocenters. The van der Waals surface area contributed by atoms with E-state index >= 15 is 0 Å². The van der Waals surface area contributed by atoms with Crippen LogP contribution in [0.2, 0.25) is 0 Å². The lowest BCUT2D eigenvalue weighted by Crippen LogP contribution is -2.30. The summed E-state index contributed by atoms with van der Waals surface area (Å²) in [4.78, 5) is 0. The zero-order valence-corrected chi connectivity index (χ0v) is 23.0. The van der Waals surface area contributed by atoms with Gasteiger partial charge in [-0.3, -0.25) is 0 Å². The standard InChI is InChI=1S/C31H41P.BrH/c32-24-16-5-3-1-2-4-15-23-31(25-28-17-9-6-10-18-28,26-29-19-11-7-12-20-29)27-30-21-13-8-14-22-30;/h6-14,17-22H,1-5,15-16,23-27,32H2;1H. The van der Waals surface area contributed by atoms with Crippen molar-refractivity contribution < 1.29 is 0 Å². The van der Waals surface area contributed by atoms with Crippen molar-refractivity contribution in [1.29, 1.82) is 0 Å². The van der Waals surface area contributed by atoms with Gasteiger partial charge in [0.1, 0.15) is 0 Å². The minimum absolute atomic E-state index is 0. The van der Waals surface area contributed by atoms with Gasteiger partial charge in [-0.15, -0.1) is 26.2 Å². The predicted octanol–water partition coefficient (Wildman–Crippen LogP) is 9.27. The Morgan fingerprint density at radius 2 is 0.788 bits per heavy atom. The second-order valence-corrected chi connectivity index (χ2v) is 10.1. The number of hydrogen-bond acceptors (Lipinski definition) is 0. The zero-order valence-electron chi connectivity index (χ0n) is 20.1. The molecule has 0 N–H and O–H groups in total. The lowest BCUT2D eigenvalue weighted by Gasteiger charge is -2.35. The molecule has 0 amide bonds. The molecular weight excluding hydrogens is 483 g/mol. The van der Waals surface area contributed by atoms with Crippen molar-refractivity contribution in [2.45, 2.75) is 70.6 Å². The molecule has 1 atom stereocenters. The first kappa shape index (κ1) is 27.8. The Balaban J connectivity index is 0.00000385. The third-order valence-electron chi connectivity index (χ3n) is 6.68. The Hall–Kier alpha value is -1.43. The predicted molar refractivity (Wildman–Crippen MR) is 155 cm³/mol. The molecule has 0 aliphatic rings. The number of rotatable bonds is 15. The summed E-state index contributed by atoms with van der Waals surface area (Å²) >= 11 is 0. The smallest absolute Gasteiger partial charge is 0.0176 e. The minimum Gasteiger partial charge on any atom is -0.138 e. The molecule has 3 aromatic carbocycles. The first-order chi connectivity index (χ1) is 15.8. The Morgan fingerprint density at radius 1 is 0.455 bits per heavy atom. The molecule has 3 aromatic rings. The molecule has 0 spiro atoms. The molecule has 0 saturated heterocycles. The van der Waals surface area contributed by atoms with Crippen molar-refractivity contribution in [3.63, 3.8) is 0 Å². The summed E-state index contributed by atoms with van der Waals surface area (Å²) in [5.41, 5.74) is 4.66. The van der Waals surface area contributed by atoms with Crippen LogP contribution in [0.15, 0.2) is 91.0 Å². The fraction of sp³-hybridized carbons (Fsp3) is 0.419. The van der Waals surface area contributed by atoms with Crippen molar-refractivity contribution in [2.75, 3.05) is 6.16 Å². The first-order valence-corrected chi connectivity index (χ1v) is 13.4. The number of hydrogen-bond donors (Lipinski definition) is 0. The average Bonchev–Trinajstić information content (AvgIpc) is 2.83. The van der Waals surface area contributed by atoms with Gasteiger partial charge in [-0.25, -0.2) is 0 Å². The second kappa shape index (κ2) is 16.2. The van der Waals surface area contributed by atoms with Gasteiger partial charge in [0.2, 0.25) is 0 Å². The summed E-state index contributed by atoms with van der Waals surface area (Å²) in [7, 11) is 2.85. The highest BCUT2D eigenvalue weighted by atomic mass is 79.9. The summed E-state index contributed by atoms with van der Waals surface area (Å²) in [6.07, 6.45) is 15.6. The molecule has 0 aliphatic carbocycles. The van der Waals surface area contributed by atoms with Gasteiger partial charge in [-0.2, -0.15) is 0 Å². The van der Waals surface area contributed by atoms with Crippen molar-refractivity contribution in [2.24, 2.45) is 5.41 Å². The van der Waals surface area contributed by atoms with Crippen LogP contribution in [0.1, 0.15) is 68.1 Å². The molecule has 3 rings (SSSR count). The van der Waals surface area contributed by atoms with E-state index in [1.807, 2.05) is 0 Å². The van der Waals surface area contributed by atoms with E-state index in [1.54, 1.807) is 0 Å². The van der Waals surface area contributed by atoms with Gasteiger partial charge in [0.25, 0.3) is 0 Å². The van der Waals surface area contributed by atoms with Crippen molar-refractivity contribution >= 4 is 26.2 Å². The van der Waals surface area contributed by atoms with E-state index in [2.05, 4.69) is 100 Å². The van der Waals surface area contributed by atoms with Gasteiger partial charge < -0.3 is 0 Å². The molecule has 0 nitrogen and oxygen atoms in total. The van der Waals surface area contributed by atoms with Gasteiger partial charge in [-0.05, 0) is 60.4 Å². The van der Waals surface area contributed by atoms with Crippen molar-refractivity contribution in [1.82, 2.24) is 0 Å². The molecule has 0 fully saturated rings. The summed E-state index contributed by atoms with van der Waals surface area (Å²) < 4.78 is 0. The molecule has 178 valence electrons. The normalized spacial score (nSPS) is 11.2. The van der Waals surface area contributed by atoms with E-state index in [-0.39, 0.29) is 22.4 Å². The molecule has 0 aliphatic heterocycles. The van der Waals surface area contributed by atoms with Gasteiger partial charge in [0.15, 0.2) is 0 Å². The van der Waals surface area contributed by atoms with Gasteiger partial charge in [-0.1, -0.05) is 130 Å². The van der Waals surface area contributed by atoms with Crippen LogP contribution in [0.3, 0.4) is 0 Å². The lowest BCUT2D eigenvalue weighted by atomic mass is 9.69. The molecule has 0 heterocycles. The van der Waals surface area contributed by atoms with E-state index < -0.39 is 0 Å². The van der Waals surface area contributed by atoms with Crippen LogP contribution in [0.5, 0.6) is 0 Å². The third-order valence-corrected chi connectivity index (χ3v) is 7.09. The average molecular weight is 526 g/mol. The Morgan fingerprint density at radius 3 is 1.15 bits per heavy atom. The molecule has 2 heteroatoms. The van der Waals surface area contributed by atoms with Gasteiger partial charge in [0, 0.05) is 0 Å². The van der Waals surface area contributed by atoms with Crippen LogP contribution in [0.4, 0.5) is 0 Å². The number of halogens is 1. The van der Waals surface area contributed by atoms with Crippen LogP contribution < -0.4 is 0 Å². The summed E-state index contributed by atoms with van der Waals surface area (Å²) in [6.45, 7) is 0. The molecular formula is C31H42BrP. The lowest BCUT2D eigenvalue weighted by molar-refractivity contribution is 0.243. The highest BCUT2D eigenvalue weighted by Gasteiger charge is 2.30. The van der Waals surface area contributed by atoms with Crippen LogP contribution in [-0.4, -0.2) is 6.16 Å². The quantitative estimate of drug-likeness (QED) is 0.137. The maximum Gasteiger partial charge on any atom is -0.0176 e. The second-order valence-electron chi connectivity index (χ2n) is 9.50. The molecule has 0 bridgehead atoms. The Bertz CT molecular complexity index is 746. The van der Waals surface area contributed by atoms with E-state index in [4.69, 9.17) is 0 Å². The Labute approximate surface area is 215 Å². The van der Waals surface area contributed by atoms with Crippen LogP contribution in [-0.2, 0) is 19.3 Å². The number of unbranched alkanes of at least 4 members (excludes halogenated alkanes) is 6. The first-order valence-electron chi connectivity index (χ1n) is 12.6. The van der Waals surface area contributed by atoms with E-state index in [0.717, 1.165) is 19.3 Å². The van der Waals surface area contributed by atoms with Crippen molar-refractivity contribution in [3.8, 4) is 0 Å². The van der Waals surface area contributed by atoms with Gasteiger partial charge >= 0.3 is 0 Å². The maximum atomic E-state index is 2.85. The zero-order chi connectivity index (χ0) is 22.3. The van der Waals surface area contributed by atoms with Crippen LogP contribution in [0, 0.1) is 5.41 Å². The SMILES string of the molecule is Br.PCCCCCCCCCC(Cc1ccccc1)(Cc1ccccc1)Cc1ccccc1.